The Balaban J connectivity index is 1.26. The lowest BCUT2D eigenvalue weighted by atomic mass is 9.99. The van der Waals surface area contributed by atoms with Crippen LogP contribution in [0.2, 0.25) is 0 Å². The van der Waals surface area contributed by atoms with Crippen molar-refractivity contribution in [2.45, 2.75) is 45.2 Å². The molecular weight excluding hydrogens is 498 g/mol. The third-order valence-electron chi connectivity index (χ3n) is 7.22. The maximum Gasteiger partial charge on any atom is 0.290 e. The van der Waals surface area contributed by atoms with Crippen LogP contribution in [0.5, 0.6) is 0 Å². The van der Waals surface area contributed by atoms with Crippen LogP contribution in [0.15, 0.2) is 95.9 Å². The number of benzene rings is 3. The zero-order valence-corrected chi connectivity index (χ0v) is 22.4. The number of anilines is 2. The number of fused-ring (bicyclic) bond motifs is 1. The quantitative estimate of drug-likeness (QED) is 0.241. The van der Waals surface area contributed by atoms with Crippen molar-refractivity contribution in [1.82, 2.24) is 20.1 Å². The molecule has 0 atom stereocenters. The molecule has 7 heteroatoms. The first-order chi connectivity index (χ1) is 19.6. The molecule has 200 valence electrons. The molecule has 7 nitrogen and oxygen atoms in total. The Morgan fingerprint density at radius 1 is 0.900 bits per heavy atom. The molecule has 0 spiro atoms. The summed E-state index contributed by atoms with van der Waals surface area (Å²) in [6.07, 6.45) is 5.21. The van der Waals surface area contributed by atoms with Gasteiger partial charge in [0.05, 0.1) is 11.2 Å². The van der Waals surface area contributed by atoms with E-state index in [1.807, 2.05) is 55.5 Å². The molecule has 1 aliphatic rings. The summed E-state index contributed by atoms with van der Waals surface area (Å²) in [5.74, 6) is 0.131. The van der Waals surface area contributed by atoms with Crippen molar-refractivity contribution in [2.24, 2.45) is 0 Å². The fourth-order valence-electron chi connectivity index (χ4n) is 4.85. The number of carbonyl (C=O) groups is 1. The van der Waals surface area contributed by atoms with Crippen molar-refractivity contribution < 1.29 is 4.79 Å². The van der Waals surface area contributed by atoms with E-state index in [4.69, 9.17) is 0 Å². The number of aryl methyl sites for hydroxylation is 2. The van der Waals surface area contributed by atoms with Crippen LogP contribution in [0.4, 0.5) is 11.4 Å². The molecule has 0 aliphatic heterocycles. The summed E-state index contributed by atoms with van der Waals surface area (Å²) in [7, 11) is 0. The zero-order valence-electron chi connectivity index (χ0n) is 22.4. The van der Waals surface area contributed by atoms with Crippen molar-refractivity contribution in [3.8, 4) is 22.4 Å². The number of nitrogens with zero attached hydrogens (tertiary/aromatic N) is 3. The van der Waals surface area contributed by atoms with Gasteiger partial charge in [0.2, 0.25) is 5.91 Å². The van der Waals surface area contributed by atoms with Gasteiger partial charge in [0.25, 0.3) is 5.56 Å². The van der Waals surface area contributed by atoms with Gasteiger partial charge in [-0.2, -0.15) is 5.10 Å². The molecule has 0 bridgehead atoms. The van der Waals surface area contributed by atoms with Gasteiger partial charge in [-0.05, 0) is 79.3 Å². The Kier molecular flexibility index (Phi) is 7.10. The average molecular weight is 530 g/mol. The van der Waals surface area contributed by atoms with Gasteiger partial charge < -0.3 is 10.6 Å². The highest BCUT2D eigenvalue weighted by molar-refractivity contribution is 5.93. The van der Waals surface area contributed by atoms with Crippen LogP contribution in [-0.4, -0.2) is 26.7 Å². The molecule has 0 unspecified atom stereocenters. The van der Waals surface area contributed by atoms with Gasteiger partial charge in [0, 0.05) is 41.8 Å². The van der Waals surface area contributed by atoms with E-state index in [0.29, 0.717) is 30.4 Å². The van der Waals surface area contributed by atoms with Gasteiger partial charge in [-0.3, -0.25) is 14.6 Å². The molecule has 2 N–H and O–H groups in total. The highest BCUT2D eigenvalue weighted by Gasteiger charge is 2.22. The van der Waals surface area contributed by atoms with Crippen LogP contribution in [0, 0.1) is 0 Å². The second-order valence-corrected chi connectivity index (χ2v) is 10.2. The SMILES string of the molecule is CCn1nc(-c2cccc(-c3ccc(CCC(=O)NC4CC4)cc3)c2)cc(Nc2cccc3ncccc23)c1=O. The third-order valence-corrected chi connectivity index (χ3v) is 7.22. The van der Waals surface area contributed by atoms with Crippen molar-refractivity contribution in [3.63, 3.8) is 0 Å². The number of carbonyl (C=O) groups excluding carboxylic acids is 1. The van der Waals surface area contributed by atoms with E-state index >= 15 is 0 Å². The first kappa shape index (κ1) is 25.5. The molecule has 2 aromatic heterocycles. The molecule has 2 heterocycles. The predicted molar refractivity (Wildman–Crippen MR) is 160 cm³/mol. The Bertz CT molecular complexity index is 1730. The Morgan fingerprint density at radius 2 is 1.70 bits per heavy atom. The molecule has 6 rings (SSSR count). The van der Waals surface area contributed by atoms with Gasteiger partial charge in [0.1, 0.15) is 5.69 Å². The van der Waals surface area contributed by atoms with Gasteiger partial charge in [-0.15, -0.1) is 0 Å². The Labute approximate surface area is 232 Å². The van der Waals surface area contributed by atoms with Gasteiger partial charge in [-0.1, -0.05) is 48.5 Å². The molecular formula is C33H31N5O2. The number of hydrogen-bond acceptors (Lipinski definition) is 5. The van der Waals surface area contributed by atoms with Crippen LogP contribution >= 0.6 is 0 Å². The number of pyridine rings is 1. The van der Waals surface area contributed by atoms with Crippen LogP contribution in [0.25, 0.3) is 33.3 Å². The Morgan fingerprint density at radius 3 is 2.50 bits per heavy atom. The maximum atomic E-state index is 13.2. The van der Waals surface area contributed by atoms with Gasteiger partial charge >= 0.3 is 0 Å². The van der Waals surface area contributed by atoms with E-state index in [-0.39, 0.29) is 11.5 Å². The fourth-order valence-corrected chi connectivity index (χ4v) is 4.85. The third kappa shape index (κ3) is 5.64. The molecule has 0 radical (unpaired) electrons. The minimum Gasteiger partial charge on any atom is -0.353 e. The highest BCUT2D eigenvalue weighted by Crippen LogP contribution is 2.29. The number of amides is 1. The summed E-state index contributed by atoms with van der Waals surface area (Å²) in [5.41, 5.74) is 6.87. The lowest BCUT2D eigenvalue weighted by Gasteiger charge is -2.13. The highest BCUT2D eigenvalue weighted by atomic mass is 16.1. The van der Waals surface area contributed by atoms with Crippen molar-refractivity contribution >= 4 is 28.2 Å². The standard InChI is InChI=1S/C33H31N5O2/c1-2-38-33(40)31(36-29-10-4-9-28-27(29)8-5-19-34-28)21-30(37-38)25-7-3-6-24(20-25)23-14-11-22(12-15-23)13-18-32(39)35-26-16-17-26/h3-12,14-15,19-21,26,36H,2,13,16-18H2,1H3,(H,35,39). The second-order valence-electron chi connectivity index (χ2n) is 10.2. The first-order valence-electron chi connectivity index (χ1n) is 13.8. The average Bonchev–Trinajstić information content (AvgIpc) is 3.81. The van der Waals surface area contributed by atoms with Crippen molar-refractivity contribution in [1.29, 1.82) is 0 Å². The summed E-state index contributed by atoms with van der Waals surface area (Å²) in [6, 6.07) is 28.5. The van der Waals surface area contributed by atoms with Gasteiger partial charge in [-0.25, -0.2) is 4.68 Å². The monoisotopic (exact) mass is 529 g/mol. The van der Waals surface area contributed by atoms with Crippen molar-refractivity contribution in [3.05, 3.63) is 107 Å². The molecule has 5 aromatic rings. The Hall–Kier alpha value is -4.78. The fraction of sp³-hybridized carbons (Fsp3) is 0.212. The summed E-state index contributed by atoms with van der Waals surface area (Å²) < 4.78 is 1.49. The molecule has 1 saturated carbocycles. The van der Waals surface area contributed by atoms with E-state index in [1.54, 1.807) is 6.20 Å². The van der Waals surface area contributed by atoms with Crippen LogP contribution in [0.1, 0.15) is 31.7 Å². The minimum atomic E-state index is -0.176. The first-order valence-corrected chi connectivity index (χ1v) is 13.8. The molecule has 1 fully saturated rings. The topological polar surface area (TPSA) is 88.9 Å². The number of nitrogens with one attached hydrogen (secondary N) is 2. The maximum absolute atomic E-state index is 13.2. The minimum absolute atomic E-state index is 0.131. The predicted octanol–water partition coefficient (Wildman–Crippen LogP) is 6.10. The van der Waals surface area contributed by atoms with E-state index in [2.05, 4.69) is 57.1 Å². The van der Waals surface area contributed by atoms with Gasteiger partial charge in [0.15, 0.2) is 0 Å². The summed E-state index contributed by atoms with van der Waals surface area (Å²) >= 11 is 0. The van der Waals surface area contributed by atoms with E-state index < -0.39 is 0 Å². The van der Waals surface area contributed by atoms with E-state index in [0.717, 1.165) is 58.1 Å². The second kappa shape index (κ2) is 11.1. The molecule has 1 amide bonds. The number of hydrogen-bond donors (Lipinski definition) is 2. The normalized spacial score (nSPS) is 12.8. The number of aromatic nitrogens is 3. The van der Waals surface area contributed by atoms with E-state index in [9.17, 15) is 9.59 Å². The summed E-state index contributed by atoms with van der Waals surface area (Å²) in [4.78, 5) is 29.7. The summed E-state index contributed by atoms with van der Waals surface area (Å²) in [5, 5.41) is 12.0. The van der Waals surface area contributed by atoms with E-state index in [1.165, 1.54) is 4.68 Å². The number of rotatable bonds is 9. The smallest absolute Gasteiger partial charge is 0.290 e. The molecule has 40 heavy (non-hydrogen) atoms. The molecule has 3 aromatic carbocycles. The molecule has 1 aliphatic carbocycles. The van der Waals surface area contributed by atoms with Crippen LogP contribution in [0.3, 0.4) is 0 Å². The van der Waals surface area contributed by atoms with Crippen molar-refractivity contribution in [2.75, 3.05) is 5.32 Å². The summed E-state index contributed by atoms with van der Waals surface area (Å²) in [6.45, 7) is 2.37. The molecule has 0 saturated heterocycles. The lowest BCUT2D eigenvalue weighted by Crippen LogP contribution is -2.25. The lowest BCUT2D eigenvalue weighted by molar-refractivity contribution is -0.121. The van der Waals surface area contributed by atoms with Crippen LogP contribution < -0.4 is 16.2 Å². The van der Waals surface area contributed by atoms with Crippen LogP contribution in [-0.2, 0) is 17.8 Å². The largest absolute Gasteiger partial charge is 0.353 e. The zero-order chi connectivity index (χ0) is 27.5.